The summed E-state index contributed by atoms with van der Waals surface area (Å²) >= 11 is 1.76. The number of aryl methyl sites for hydroxylation is 1. The molecule has 0 fully saturated rings. The van der Waals surface area contributed by atoms with Gasteiger partial charge in [-0.25, -0.2) is 4.98 Å². The predicted molar refractivity (Wildman–Crippen MR) is 75.1 cm³/mol. The summed E-state index contributed by atoms with van der Waals surface area (Å²) in [6.07, 6.45) is 4.82. The second-order valence-electron chi connectivity index (χ2n) is 4.17. The monoisotopic (exact) mass is 265 g/mol. The number of hydrogen-bond donors (Lipinski definition) is 1. The van der Waals surface area contributed by atoms with Gasteiger partial charge in [-0.1, -0.05) is 6.07 Å². The van der Waals surface area contributed by atoms with E-state index in [4.69, 9.17) is 4.74 Å². The van der Waals surface area contributed by atoms with E-state index < -0.39 is 0 Å². The Bertz CT molecular complexity index is 453. The molecule has 5 heteroatoms. The number of thiophene rings is 1. The molecule has 0 radical (unpaired) electrons. The Morgan fingerprint density at radius 1 is 1.56 bits per heavy atom. The van der Waals surface area contributed by atoms with Gasteiger partial charge in [-0.3, -0.25) is 0 Å². The third-order valence-electron chi connectivity index (χ3n) is 2.78. The number of aromatic nitrogens is 2. The number of methoxy groups -OCH3 is 1. The van der Waals surface area contributed by atoms with E-state index in [0.29, 0.717) is 0 Å². The molecule has 98 valence electrons. The van der Waals surface area contributed by atoms with Crippen molar-refractivity contribution >= 4 is 17.3 Å². The Balaban J connectivity index is 1.94. The van der Waals surface area contributed by atoms with Crippen LogP contribution in [0.3, 0.4) is 0 Å². The highest BCUT2D eigenvalue weighted by Gasteiger charge is 2.09. The summed E-state index contributed by atoms with van der Waals surface area (Å²) in [7, 11) is 1.73. The lowest BCUT2D eigenvalue weighted by atomic mass is 10.3. The minimum absolute atomic E-state index is 0.286. The summed E-state index contributed by atoms with van der Waals surface area (Å²) in [5.41, 5.74) is 0. The van der Waals surface area contributed by atoms with Gasteiger partial charge >= 0.3 is 0 Å². The number of nitrogens with one attached hydrogen (secondary N) is 1. The molecule has 2 aromatic heterocycles. The molecule has 18 heavy (non-hydrogen) atoms. The molecule has 4 nitrogen and oxygen atoms in total. The summed E-state index contributed by atoms with van der Waals surface area (Å²) in [5, 5.41) is 5.54. The van der Waals surface area contributed by atoms with Crippen LogP contribution >= 0.6 is 11.3 Å². The highest BCUT2D eigenvalue weighted by molar-refractivity contribution is 7.10. The van der Waals surface area contributed by atoms with Crippen molar-refractivity contribution in [1.82, 2.24) is 9.55 Å². The summed E-state index contributed by atoms with van der Waals surface area (Å²) < 4.78 is 7.20. The first kappa shape index (κ1) is 13.1. The molecule has 0 aromatic carbocycles. The third kappa shape index (κ3) is 3.34. The average Bonchev–Trinajstić information content (AvgIpc) is 3.01. The van der Waals surface area contributed by atoms with Crippen molar-refractivity contribution in [3.63, 3.8) is 0 Å². The van der Waals surface area contributed by atoms with Crippen LogP contribution in [0.1, 0.15) is 24.3 Å². The lowest BCUT2D eigenvalue weighted by Crippen LogP contribution is -2.11. The molecular weight excluding hydrogens is 246 g/mol. The first-order valence-corrected chi connectivity index (χ1v) is 6.99. The topological polar surface area (TPSA) is 39.1 Å². The zero-order valence-electron chi connectivity index (χ0n) is 10.8. The lowest BCUT2D eigenvalue weighted by molar-refractivity contribution is 0.190. The number of rotatable bonds is 7. The zero-order valence-corrected chi connectivity index (χ0v) is 11.6. The summed E-state index contributed by atoms with van der Waals surface area (Å²) in [5.74, 6) is 0.923. The van der Waals surface area contributed by atoms with E-state index in [-0.39, 0.29) is 6.04 Å². The fourth-order valence-corrected chi connectivity index (χ4v) is 2.55. The van der Waals surface area contributed by atoms with Gasteiger partial charge in [-0.2, -0.15) is 0 Å². The Hall–Kier alpha value is -1.33. The third-order valence-corrected chi connectivity index (χ3v) is 3.83. The molecule has 0 saturated heterocycles. The fraction of sp³-hybridized carbons (Fsp3) is 0.462. The van der Waals surface area contributed by atoms with Crippen molar-refractivity contribution in [2.45, 2.75) is 25.9 Å². The molecule has 0 saturated carbocycles. The van der Waals surface area contributed by atoms with E-state index in [0.717, 1.165) is 25.5 Å². The normalized spacial score (nSPS) is 12.6. The van der Waals surface area contributed by atoms with Gasteiger partial charge in [0, 0.05) is 37.5 Å². The maximum absolute atomic E-state index is 5.07. The Morgan fingerprint density at radius 2 is 2.44 bits per heavy atom. The number of nitrogens with zero attached hydrogens (tertiary/aromatic N) is 2. The van der Waals surface area contributed by atoms with Gasteiger partial charge in [0.15, 0.2) is 0 Å². The molecule has 0 aliphatic carbocycles. The average molecular weight is 265 g/mol. The van der Waals surface area contributed by atoms with Crippen molar-refractivity contribution < 1.29 is 4.74 Å². The first-order chi connectivity index (χ1) is 8.81. The molecule has 2 heterocycles. The van der Waals surface area contributed by atoms with E-state index in [2.05, 4.69) is 39.3 Å². The van der Waals surface area contributed by atoms with Gasteiger partial charge in [0.05, 0.1) is 6.04 Å². The molecule has 2 aromatic rings. The second-order valence-corrected chi connectivity index (χ2v) is 5.15. The van der Waals surface area contributed by atoms with Gasteiger partial charge < -0.3 is 14.6 Å². The van der Waals surface area contributed by atoms with Gasteiger partial charge in [-0.15, -0.1) is 11.3 Å². The highest BCUT2D eigenvalue weighted by atomic mass is 32.1. The van der Waals surface area contributed by atoms with Crippen molar-refractivity contribution in [3.05, 3.63) is 34.8 Å². The van der Waals surface area contributed by atoms with Gasteiger partial charge in [-0.05, 0) is 24.8 Å². The number of hydrogen-bond acceptors (Lipinski definition) is 4. The predicted octanol–water partition coefficient (Wildman–Crippen LogP) is 3.15. The summed E-state index contributed by atoms with van der Waals surface area (Å²) in [4.78, 5) is 5.68. The molecular formula is C13H19N3OS. The van der Waals surface area contributed by atoms with Crippen molar-refractivity contribution in [1.29, 1.82) is 0 Å². The number of ether oxygens (including phenoxy) is 1. The minimum Gasteiger partial charge on any atom is -0.385 e. The quantitative estimate of drug-likeness (QED) is 0.782. The largest absolute Gasteiger partial charge is 0.385 e. The number of imidazole rings is 1. The molecule has 0 amide bonds. The van der Waals surface area contributed by atoms with Crippen LogP contribution in [0.15, 0.2) is 29.9 Å². The van der Waals surface area contributed by atoms with Gasteiger partial charge in [0.1, 0.15) is 0 Å². The maximum atomic E-state index is 5.07. The first-order valence-electron chi connectivity index (χ1n) is 6.11. The molecule has 1 unspecified atom stereocenters. The van der Waals surface area contributed by atoms with E-state index in [1.165, 1.54) is 4.88 Å². The van der Waals surface area contributed by atoms with Crippen LogP contribution in [0.5, 0.6) is 0 Å². The summed E-state index contributed by atoms with van der Waals surface area (Å²) in [6, 6.07) is 4.50. The van der Waals surface area contributed by atoms with Gasteiger partial charge in [0.25, 0.3) is 0 Å². The molecule has 1 N–H and O–H groups in total. The van der Waals surface area contributed by atoms with Crippen LogP contribution in [0, 0.1) is 0 Å². The van der Waals surface area contributed by atoms with Crippen molar-refractivity contribution in [2.24, 2.45) is 0 Å². The minimum atomic E-state index is 0.286. The van der Waals surface area contributed by atoms with E-state index in [1.807, 2.05) is 12.4 Å². The standard InChI is InChI=1S/C13H19N3OS/c1-11(12-5-3-10-18-12)15-13-14-6-8-16(13)7-4-9-17-2/h3,5-6,8,10-11H,4,7,9H2,1-2H3,(H,14,15). The van der Waals surface area contributed by atoms with Crippen LogP contribution in [0.25, 0.3) is 0 Å². The highest BCUT2D eigenvalue weighted by Crippen LogP contribution is 2.22. The van der Waals surface area contributed by atoms with Crippen LogP contribution in [0.4, 0.5) is 5.95 Å². The molecule has 0 bridgehead atoms. The molecule has 0 aliphatic heterocycles. The van der Waals surface area contributed by atoms with Gasteiger partial charge in [0.2, 0.25) is 5.95 Å². The molecule has 0 aliphatic rings. The number of anilines is 1. The summed E-state index contributed by atoms with van der Waals surface area (Å²) in [6.45, 7) is 3.85. The molecule has 0 spiro atoms. The SMILES string of the molecule is COCCCn1ccnc1NC(C)c1cccs1. The van der Waals surface area contributed by atoms with Crippen LogP contribution < -0.4 is 5.32 Å². The van der Waals surface area contributed by atoms with E-state index in [9.17, 15) is 0 Å². The second kappa shape index (κ2) is 6.56. The lowest BCUT2D eigenvalue weighted by Gasteiger charge is -2.14. The Kier molecular flexibility index (Phi) is 4.78. The zero-order chi connectivity index (χ0) is 12.8. The van der Waals surface area contributed by atoms with E-state index >= 15 is 0 Å². The maximum Gasteiger partial charge on any atom is 0.203 e. The fourth-order valence-electron chi connectivity index (χ4n) is 1.81. The van der Waals surface area contributed by atoms with E-state index in [1.54, 1.807) is 18.4 Å². The smallest absolute Gasteiger partial charge is 0.203 e. The van der Waals surface area contributed by atoms with Crippen molar-refractivity contribution in [3.8, 4) is 0 Å². The molecule has 2 rings (SSSR count). The Labute approximate surface area is 112 Å². The van der Waals surface area contributed by atoms with Crippen LogP contribution in [0.2, 0.25) is 0 Å². The van der Waals surface area contributed by atoms with Crippen LogP contribution in [-0.2, 0) is 11.3 Å². The van der Waals surface area contributed by atoms with Crippen molar-refractivity contribution in [2.75, 3.05) is 19.0 Å². The Morgan fingerprint density at radius 3 is 3.17 bits per heavy atom. The molecule has 1 atom stereocenters. The van der Waals surface area contributed by atoms with Crippen LogP contribution in [-0.4, -0.2) is 23.3 Å².